The lowest BCUT2D eigenvalue weighted by atomic mass is 9.83. The molecule has 5 atom stereocenters. The molecule has 0 radical (unpaired) electrons. The second kappa shape index (κ2) is 6.00. The summed E-state index contributed by atoms with van der Waals surface area (Å²) in [5.74, 6) is -2.34. The van der Waals surface area contributed by atoms with E-state index in [0.717, 1.165) is 0 Å². The number of β-lactam (4-membered cyclic amide) rings is 1. The molecule has 0 aromatic rings. The number of aliphatic hydroxyl groups excluding tert-OH is 1. The summed E-state index contributed by atoms with van der Waals surface area (Å²) >= 11 is 1.44. The van der Waals surface area contributed by atoms with Gasteiger partial charge in [-0.25, -0.2) is 4.79 Å². The number of carboxylic acids is 1. The number of likely N-dealkylation sites (N-methyl/N-ethyl adjacent to an activating group) is 1. The number of nitrogens with zero attached hydrogens (tertiary/aromatic N) is 2. The summed E-state index contributed by atoms with van der Waals surface area (Å²) in [7, 11) is 3.88. The molecule has 3 heterocycles. The number of likely N-dealkylation sites (tertiary alicyclic amines) is 1. The lowest BCUT2D eigenvalue weighted by molar-refractivity contribution is -0.892. The van der Waals surface area contributed by atoms with E-state index in [2.05, 4.69) is 0 Å². The average Bonchev–Trinajstić information content (AvgIpc) is 2.93. The Morgan fingerprint density at radius 2 is 2.04 bits per heavy atom. The lowest BCUT2D eigenvalue weighted by Crippen LogP contribution is -2.61. The van der Waals surface area contributed by atoms with E-state index in [-0.39, 0.29) is 34.8 Å². The molecule has 0 aromatic carbocycles. The predicted octanol–water partition coefficient (Wildman–Crippen LogP) is -0.670. The van der Waals surface area contributed by atoms with Crippen molar-refractivity contribution in [2.45, 2.75) is 43.2 Å². The van der Waals surface area contributed by atoms with E-state index in [4.69, 9.17) is 5.73 Å². The van der Waals surface area contributed by atoms with Gasteiger partial charge in [-0.2, -0.15) is 0 Å². The van der Waals surface area contributed by atoms with Gasteiger partial charge in [-0.3, -0.25) is 9.59 Å². The maximum absolute atomic E-state index is 12.2. The Hall–Kier alpha value is -1.58. The molecule has 0 unspecified atom stereocenters. The third kappa shape index (κ3) is 2.84. The summed E-state index contributed by atoms with van der Waals surface area (Å²) in [4.78, 5) is 37.5. The first kappa shape index (κ1) is 18.2. The molecule has 0 saturated carbocycles. The third-order valence-electron chi connectivity index (χ3n) is 5.53. The number of carboxylic acid groups (broad SMARTS) is 1. The Morgan fingerprint density at radius 1 is 1.40 bits per heavy atom. The van der Waals surface area contributed by atoms with Crippen LogP contribution in [0.5, 0.6) is 0 Å². The van der Waals surface area contributed by atoms with Gasteiger partial charge in [0.05, 0.1) is 44.0 Å². The van der Waals surface area contributed by atoms with Crippen LogP contribution in [0.2, 0.25) is 0 Å². The van der Waals surface area contributed by atoms with Crippen LogP contribution in [0.1, 0.15) is 19.8 Å². The molecular weight excluding hydrogens is 346 g/mol. The minimum atomic E-state index is -1.12. The maximum atomic E-state index is 12.2. The number of quaternary nitrogens is 1. The quantitative estimate of drug-likeness (QED) is 0.436. The van der Waals surface area contributed by atoms with E-state index in [9.17, 15) is 24.6 Å². The predicted molar refractivity (Wildman–Crippen MR) is 91.0 cm³/mol. The van der Waals surface area contributed by atoms with E-state index >= 15 is 0 Å². The first-order chi connectivity index (χ1) is 11.5. The molecule has 4 N–H and O–H groups in total. The molecule has 3 aliphatic heterocycles. The SMILES string of the molecule is C[C@@H](O)[C@H]1C(=O)N2C(C(=O)O)=C(S[C@H]3C[C@@H](C(N)=O)[N+](C)(C)C3)C[C@H]12. The fourth-order valence-corrected chi connectivity index (χ4v) is 6.05. The number of amides is 2. The van der Waals surface area contributed by atoms with Crippen LogP contribution < -0.4 is 5.73 Å². The van der Waals surface area contributed by atoms with Crippen LogP contribution in [0, 0.1) is 5.92 Å². The van der Waals surface area contributed by atoms with Crippen molar-refractivity contribution < 1.29 is 29.1 Å². The summed E-state index contributed by atoms with van der Waals surface area (Å²) in [5.41, 5.74) is 5.52. The molecule has 0 aromatic heterocycles. The molecule has 9 heteroatoms. The highest BCUT2D eigenvalue weighted by molar-refractivity contribution is 8.03. The highest BCUT2D eigenvalue weighted by Gasteiger charge is 2.57. The van der Waals surface area contributed by atoms with Crippen LogP contribution in [0.4, 0.5) is 0 Å². The Kier molecular flexibility index (Phi) is 4.37. The van der Waals surface area contributed by atoms with Crippen LogP contribution >= 0.6 is 11.8 Å². The molecule has 0 bridgehead atoms. The number of nitrogens with two attached hydrogens (primary N) is 1. The zero-order valence-corrected chi connectivity index (χ0v) is 15.3. The van der Waals surface area contributed by atoms with Crippen LogP contribution in [0.15, 0.2) is 10.6 Å². The fraction of sp³-hybridized carbons (Fsp3) is 0.688. The fourth-order valence-electron chi connectivity index (χ4n) is 4.34. The molecule has 2 amide bonds. The van der Waals surface area contributed by atoms with Gasteiger partial charge < -0.3 is 25.3 Å². The standard InChI is InChI=1S/C16H23N3O5S/c1-7(20)12-9-5-11(13(16(23)24)18(9)15(12)22)25-8-4-10(14(17)21)19(2,3)6-8/h7-10,12,20H,4-6H2,1-3H3,(H2-,17,21,23,24)/p+1/t7-,8+,9-,10+,12-/m1/s1. The zero-order chi connectivity index (χ0) is 18.7. The van der Waals surface area contributed by atoms with Gasteiger partial charge in [0.15, 0.2) is 6.04 Å². The van der Waals surface area contributed by atoms with Gasteiger partial charge in [0.25, 0.3) is 5.91 Å². The van der Waals surface area contributed by atoms with Crippen LogP contribution in [-0.4, -0.2) is 81.5 Å². The maximum Gasteiger partial charge on any atom is 0.353 e. The first-order valence-corrected chi connectivity index (χ1v) is 9.18. The number of primary amides is 1. The number of aliphatic carboxylic acids is 1. The number of hydrogen-bond acceptors (Lipinski definition) is 5. The van der Waals surface area contributed by atoms with E-state index in [1.807, 2.05) is 14.1 Å². The van der Waals surface area contributed by atoms with E-state index in [1.165, 1.54) is 16.7 Å². The topological polar surface area (TPSA) is 121 Å². The van der Waals surface area contributed by atoms with Gasteiger partial charge in [-0.05, 0) is 6.92 Å². The van der Waals surface area contributed by atoms with E-state index < -0.39 is 18.0 Å². The summed E-state index contributed by atoms with van der Waals surface area (Å²) in [5, 5.41) is 19.4. The minimum absolute atomic E-state index is 0.0322. The molecule has 8 nitrogen and oxygen atoms in total. The second-order valence-corrected chi connectivity index (χ2v) is 9.07. The first-order valence-electron chi connectivity index (χ1n) is 8.30. The van der Waals surface area contributed by atoms with Crippen LogP contribution in [0.25, 0.3) is 0 Å². The Balaban J connectivity index is 1.80. The molecule has 2 fully saturated rings. The van der Waals surface area contributed by atoms with Gasteiger partial charge in [0.2, 0.25) is 5.91 Å². The number of thioether (sulfide) groups is 1. The van der Waals surface area contributed by atoms with Crippen molar-refractivity contribution in [1.82, 2.24) is 4.90 Å². The molecule has 25 heavy (non-hydrogen) atoms. The van der Waals surface area contributed by atoms with Crippen molar-refractivity contribution in [2.24, 2.45) is 11.7 Å². The summed E-state index contributed by atoms with van der Waals surface area (Å²) in [6.07, 6.45) is 0.232. The third-order valence-corrected chi connectivity index (χ3v) is 6.85. The summed E-state index contributed by atoms with van der Waals surface area (Å²) in [6, 6.07) is -0.575. The van der Waals surface area contributed by atoms with Crippen LogP contribution in [0.3, 0.4) is 0 Å². The average molecular weight is 370 g/mol. The Bertz CT molecular complexity index is 675. The second-order valence-electron chi connectivity index (χ2n) is 7.68. The van der Waals surface area contributed by atoms with Gasteiger partial charge in [-0.15, -0.1) is 11.8 Å². The van der Waals surface area contributed by atoms with Crippen molar-refractivity contribution in [3.05, 3.63) is 10.6 Å². The molecule has 138 valence electrons. The van der Waals surface area contributed by atoms with Crippen molar-refractivity contribution in [2.75, 3.05) is 20.6 Å². The smallest absolute Gasteiger partial charge is 0.353 e. The van der Waals surface area contributed by atoms with Gasteiger partial charge in [0.1, 0.15) is 5.70 Å². The van der Waals surface area contributed by atoms with Gasteiger partial charge >= 0.3 is 5.97 Å². The number of fused-ring (bicyclic) bond motifs is 1. The van der Waals surface area contributed by atoms with Gasteiger partial charge in [-0.1, -0.05) is 0 Å². The van der Waals surface area contributed by atoms with Crippen molar-refractivity contribution >= 4 is 29.5 Å². The number of aliphatic hydroxyl groups is 1. The largest absolute Gasteiger partial charge is 0.477 e. The van der Waals surface area contributed by atoms with Crippen LogP contribution in [-0.2, 0) is 14.4 Å². The molecule has 0 spiro atoms. The summed E-state index contributed by atoms with van der Waals surface area (Å²) in [6.45, 7) is 2.26. The number of rotatable bonds is 5. The monoisotopic (exact) mass is 370 g/mol. The highest BCUT2D eigenvalue weighted by Crippen LogP contribution is 2.49. The zero-order valence-electron chi connectivity index (χ0n) is 14.5. The van der Waals surface area contributed by atoms with E-state index in [1.54, 1.807) is 6.92 Å². The Morgan fingerprint density at radius 3 is 2.52 bits per heavy atom. The summed E-state index contributed by atoms with van der Waals surface area (Å²) < 4.78 is 0.477. The number of carbonyl (C=O) groups is 3. The van der Waals surface area contributed by atoms with Gasteiger partial charge in [0, 0.05) is 17.7 Å². The molecular formula is C16H24N3O5S+. The lowest BCUT2D eigenvalue weighted by Gasteiger charge is -2.44. The minimum Gasteiger partial charge on any atom is -0.477 e. The van der Waals surface area contributed by atoms with E-state index in [0.29, 0.717) is 28.8 Å². The van der Waals surface area contributed by atoms with Crippen molar-refractivity contribution in [3.63, 3.8) is 0 Å². The Labute approximate surface area is 150 Å². The molecule has 0 aliphatic carbocycles. The number of hydrogen-bond donors (Lipinski definition) is 3. The van der Waals surface area contributed by atoms with Crippen molar-refractivity contribution in [3.8, 4) is 0 Å². The molecule has 3 rings (SSSR count). The molecule has 2 saturated heterocycles. The normalized spacial score (nSPS) is 34.7. The highest BCUT2D eigenvalue weighted by atomic mass is 32.2. The molecule has 3 aliphatic rings. The number of carbonyl (C=O) groups excluding carboxylic acids is 2. The van der Waals surface area contributed by atoms with Crippen molar-refractivity contribution in [1.29, 1.82) is 0 Å².